The molecule has 96 valence electrons. The first kappa shape index (κ1) is 11.5. The Labute approximate surface area is 122 Å². The van der Waals surface area contributed by atoms with Crippen LogP contribution in [0.5, 0.6) is 0 Å². The van der Waals surface area contributed by atoms with Gasteiger partial charge in [-0.2, -0.15) is 0 Å². The molecular weight excluding hydrogens is 288 g/mol. The molecule has 4 aromatic heterocycles. The van der Waals surface area contributed by atoms with Crippen LogP contribution in [-0.2, 0) is 0 Å². The minimum atomic E-state index is 0.833. The number of nitrogens with one attached hydrogen (secondary N) is 2. The molecule has 0 aromatic carbocycles. The molecule has 0 spiro atoms. The van der Waals surface area contributed by atoms with Crippen LogP contribution in [0.25, 0.3) is 20.0 Å². The number of aromatic amines is 2. The third-order valence-corrected chi connectivity index (χ3v) is 5.03. The second-order valence-electron chi connectivity index (χ2n) is 4.13. The van der Waals surface area contributed by atoms with Crippen molar-refractivity contribution in [1.82, 2.24) is 19.9 Å². The summed E-state index contributed by atoms with van der Waals surface area (Å²) >= 11 is 3.46. The first-order valence-corrected chi connectivity index (χ1v) is 7.54. The highest BCUT2D eigenvalue weighted by atomic mass is 32.1. The molecule has 0 fully saturated rings. The van der Waals surface area contributed by atoms with Gasteiger partial charge in [-0.3, -0.25) is 0 Å². The van der Waals surface area contributed by atoms with Crippen molar-refractivity contribution in [2.24, 2.45) is 0 Å². The first-order valence-electron chi connectivity index (χ1n) is 5.91. The van der Waals surface area contributed by atoms with E-state index in [0.717, 1.165) is 16.3 Å². The van der Waals surface area contributed by atoms with E-state index in [1.54, 1.807) is 41.5 Å². The Morgan fingerprint density at radius 1 is 0.900 bits per heavy atom. The standard InChI is InChI=1S/C14H8N4S2/c1(9-5-15-7-17-9)2-10-3-13-14(19-10)4-12(20-13)11-6-16-8-18-11/h3-8H,(H,15,17)(H,16,18). The molecule has 0 bridgehead atoms. The van der Waals surface area contributed by atoms with Crippen LogP contribution >= 0.6 is 22.7 Å². The second kappa shape index (κ2) is 4.63. The summed E-state index contributed by atoms with van der Waals surface area (Å²) in [6, 6.07) is 4.31. The summed E-state index contributed by atoms with van der Waals surface area (Å²) in [6.45, 7) is 0. The lowest BCUT2D eigenvalue weighted by Crippen LogP contribution is -1.70. The predicted octanol–water partition coefficient (Wildman–Crippen LogP) is 3.48. The van der Waals surface area contributed by atoms with Crippen LogP contribution in [0.15, 0.2) is 37.2 Å². The SMILES string of the molecule is C(#Cc1cc2sc(-c3cnc[nH]3)cc2s1)c1cnc[nH]1. The van der Waals surface area contributed by atoms with Gasteiger partial charge in [0.1, 0.15) is 5.69 Å². The van der Waals surface area contributed by atoms with Crippen molar-refractivity contribution >= 4 is 32.1 Å². The van der Waals surface area contributed by atoms with Gasteiger partial charge in [-0.1, -0.05) is 0 Å². The zero-order valence-corrected chi connectivity index (χ0v) is 11.8. The molecule has 0 saturated heterocycles. The van der Waals surface area contributed by atoms with Gasteiger partial charge in [-0.05, 0) is 24.0 Å². The van der Waals surface area contributed by atoms with Crippen molar-refractivity contribution < 1.29 is 0 Å². The lowest BCUT2D eigenvalue weighted by molar-refractivity contribution is 1.30. The largest absolute Gasteiger partial charge is 0.344 e. The maximum atomic E-state index is 4.05. The van der Waals surface area contributed by atoms with Gasteiger partial charge in [-0.15, -0.1) is 22.7 Å². The Hall–Kier alpha value is -2.36. The molecule has 0 aliphatic carbocycles. The van der Waals surface area contributed by atoms with Crippen molar-refractivity contribution in [2.75, 3.05) is 0 Å². The van der Waals surface area contributed by atoms with Gasteiger partial charge in [0, 0.05) is 9.40 Å². The Morgan fingerprint density at radius 2 is 1.75 bits per heavy atom. The number of nitrogens with zero attached hydrogens (tertiary/aromatic N) is 2. The van der Waals surface area contributed by atoms with Crippen LogP contribution < -0.4 is 0 Å². The van der Waals surface area contributed by atoms with E-state index in [9.17, 15) is 0 Å². The van der Waals surface area contributed by atoms with E-state index in [1.165, 1.54) is 14.3 Å². The maximum Gasteiger partial charge on any atom is 0.109 e. The molecule has 0 amide bonds. The molecule has 4 nitrogen and oxygen atoms in total. The molecule has 0 unspecified atom stereocenters. The lowest BCUT2D eigenvalue weighted by Gasteiger charge is -1.87. The Kier molecular flexibility index (Phi) is 2.66. The summed E-state index contributed by atoms with van der Waals surface area (Å²) in [5, 5.41) is 0. The average molecular weight is 296 g/mol. The summed E-state index contributed by atoms with van der Waals surface area (Å²) in [5.74, 6) is 6.23. The summed E-state index contributed by atoms with van der Waals surface area (Å²) < 4.78 is 2.52. The first-order chi connectivity index (χ1) is 9.88. The fourth-order valence-corrected chi connectivity index (χ4v) is 4.10. The Morgan fingerprint density at radius 3 is 2.50 bits per heavy atom. The number of fused-ring (bicyclic) bond motifs is 1. The summed E-state index contributed by atoms with van der Waals surface area (Å²) in [4.78, 5) is 16.4. The van der Waals surface area contributed by atoms with E-state index in [4.69, 9.17) is 0 Å². The predicted molar refractivity (Wildman–Crippen MR) is 81.9 cm³/mol. The highest BCUT2D eigenvalue weighted by Gasteiger charge is 2.08. The zero-order chi connectivity index (χ0) is 13.4. The number of rotatable bonds is 1. The lowest BCUT2D eigenvalue weighted by atomic mass is 10.3. The molecule has 6 heteroatoms. The normalized spacial score (nSPS) is 10.6. The molecule has 20 heavy (non-hydrogen) atoms. The third-order valence-electron chi connectivity index (χ3n) is 2.79. The van der Waals surface area contributed by atoms with Crippen molar-refractivity contribution in [1.29, 1.82) is 0 Å². The molecule has 0 radical (unpaired) electrons. The van der Waals surface area contributed by atoms with E-state index in [1.807, 2.05) is 6.20 Å². The fourth-order valence-electron chi connectivity index (χ4n) is 1.87. The summed E-state index contributed by atoms with van der Waals surface area (Å²) in [7, 11) is 0. The summed E-state index contributed by atoms with van der Waals surface area (Å²) in [6.07, 6.45) is 6.89. The Balaban J connectivity index is 1.69. The minimum Gasteiger partial charge on any atom is -0.344 e. The molecular formula is C14H8N4S2. The van der Waals surface area contributed by atoms with Gasteiger partial charge in [-0.25, -0.2) is 9.97 Å². The van der Waals surface area contributed by atoms with Crippen LogP contribution in [0.1, 0.15) is 10.6 Å². The smallest absolute Gasteiger partial charge is 0.109 e. The van der Waals surface area contributed by atoms with Crippen molar-refractivity contribution in [3.05, 3.63) is 47.8 Å². The van der Waals surface area contributed by atoms with Crippen LogP contribution in [0, 0.1) is 11.8 Å². The quantitative estimate of drug-likeness (QED) is 0.528. The molecule has 4 heterocycles. The highest BCUT2D eigenvalue weighted by Crippen LogP contribution is 2.37. The van der Waals surface area contributed by atoms with E-state index < -0.39 is 0 Å². The van der Waals surface area contributed by atoms with E-state index in [0.29, 0.717) is 0 Å². The van der Waals surface area contributed by atoms with Crippen molar-refractivity contribution in [2.45, 2.75) is 0 Å². The number of hydrogen-bond donors (Lipinski definition) is 2. The molecule has 2 N–H and O–H groups in total. The van der Waals surface area contributed by atoms with Gasteiger partial charge in [0.2, 0.25) is 0 Å². The van der Waals surface area contributed by atoms with Crippen LogP contribution in [0.4, 0.5) is 0 Å². The average Bonchev–Trinajstić information content (AvgIpc) is 3.19. The van der Waals surface area contributed by atoms with Gasteiger partial charge in [0.05, 0.1) is 40.5 Å². The fraction of sp³-hybridized carbons (Fsp3) is 0. The van der Waals surface area contributed by atoms with E-state index in [-0.39, 0.29) is 0 Å². The molecule has 4 rings (SSSR count). The van der Waals surface area contributed by atoms with Crippen molar-refractivity contribution in [3.8, 4) is 22.4 Å². The highest BCUT2D eigenvalue weighted by molar-refractivity contribution is 7.29. The molecule has 0 saturated carbocycles. The van der Waals surface area contributed by atoms with Crippen LogP contribution in [0.3, 0.4) is 0 Å². The number of aromatic nitrogens is 4. The minimum absolute atomic E-state index is 0.833. The second-order valence-corrected chi connectivity index (χ2v) is 6.30. The van der Waals surface area contributed by atoms with Gasteiger partial charge >= 0.3 is 0 Å². The third kappa shape index (κ3) is 2.03. The maximum absolute atomic E-state index is 4.05. The van der Waals surface area contributed by atoms with Gasteiger partial charge in [0.15, 0.2) is 0 Å². The molecule has 0 atom stereocenters. The molecule has 0 aliphatic rings. The number of thiophene rings is 2. The number of imidazole rings is 2. The van der Waals surface area contributed by atoms with Crippen LogP contribution in [-0.4, -0.2) is 19.9 Å². The summed E-state index contributed by atoms with van der Waals surface area (Å²) in [5.41, 5.74) is 1.89. The van der Waals surface area contributed by atoms with Gasteiger partial charge in [0.25, 0.3) is 0 Å². The van der Waals surface area contributed by atoms with E-state index >= 15 is 0 Å². The zero-order valence-electron chi connectivity index (χ0n) is 10.2. The van der Waals surface area contributed by atoms with Gasteiger partial charge < -0.3 is 9.97 Å². The van der Waals surface area contributed by atoms with E-state index in [2.05, 4.69) is 43.9 Å². The number of H-pyrrole nitrogens is 2. The monoisotopic (exact) mass is 296 g/mol. The van der Waals surface area contributed by atoms with Crippen LogP contribution in [0.2, 0.25) is 0 Å². The molecule has 4 aromatic rings. The number of hydrogen-bond acceptors (Lipinski definition) is 4. The van der Waals surface area contributed by atoms with Crippen molar-refractivity contribution in [3.63, 3.8) is 0 Å². The Bertz CT molecular complexity index is 870. The molecule has 0 aliphatic heterocycles. The topological polar surface area (TPSA) is 57.4 Å².